The van der Waals surface area contributed by atoms with Gasteiger partial charge in [0.2, 0.25) is 0 Å². The molecule has 0 aliphatic rings. The highest BCUT2D eigenvalue weighted by atomic mass is 15.5. The summed E-state index contributed by atoms with van der Waals surface area (Å²) >= 11 is 0. The third-order valence-electron chi connectivity index (χ3n) is 3.57. The van der Waals surface area contributed by atoms with E-state index in [9.17, 15) is 0 Å². The Hall–Kier alpha value is -2.69. The van der Waals surface area contributed by atoms with Crippen LogP contribution in [0.4, 0.5) is 5.69 Å². The Morgan fingerprint density at radius 1 is 1.14 bits per heavy atom. The summed E-state index contributed by atoms with van der Waals surface area (Å²) in [5.41, 5.74) is 10.8. The highest BCUT2D eigenvalue weighted by Gasteiger charge is 2.15. The largest absolute Gasteiger partial charge is 0.399 e. The van der Waals surface area contributed by atoms with Gasteiger partial charge in [0.25, 0.3) is 0 Å². The maximum absolute atomic E-state index is 5.90. The summed E-state index contributed by atoms with van der Waals surface area (Å²) in [6.07, 6.45) is 0.922. The molecule has 106 valence electrons. The van der Waals surface area contributed by atoms with Crippen LogP contribution in [0.2, 0.25) is 0 Å². The van der Waals surface area contributed by atoms with Crippen LogP contribution >= 0.6 is 0 Å². The van der Waals surface area contributed by atoms with E-state index in [1.165, 1.54) is 5.56 Å². The van der Waals surface area contributed by atoms with Crippen molar-refractivity contribution in [3.8, 4) is 17.1 Å². The Morgan fingerprint density at radius 2 is 1.95 bits per heavy atom. The Bertz CT molecular complexity index is 776. The maximum atomic E-state index is 5.90. The van der Waals surface area contributed by atoms with Gasteiger partial charge in [-0.1, -0.05) is 31.2 Å². The first kappa shape index (κ1) is 13.3. The van der Waals surface area contributed by atoms with E-state index < -0.39 is 0 Å². The molecule has 3 aromatic rings. The summed E-state index contributed by atoms with van der Waals surface area (Å²) in [4.78, 5) is 0. The van der Waals surface area contributed by atoms with E-state index in [0.717, 1.165) is 23.2 Å². The van der Waals surface area contributed by atoms with Gasteiger partial charge in [-0.2, -0.15) is 4.68 Å². The molecule has 0 saturated heterocycles. The van der Waals surface area contributed by atoms with E-state index in [4.69, 9.17) is 5.73 Å². The average molecular weight is 279 g/mol. The zero-order valence-corrected chi connectivity index (χ0v) is 12.1. The lowest BCUT2D eigenvalue weighted by atomic mass is 10.1. The van der Waals surface area contributed by atoms with Gasteiger partial charge in [0, 0.05) is 11.3 Å². The number of nitrogens with zero attached hydrogens (tertiary/aromatic N) is 4. The van der Waals surface area contributed by atoms with Gasteiger partial charge in [-0.25, -0.2) is 0 Å². The first-order valence-electron chi connectivity index (χ1n) is 6.94. The van der Waals surface area contributed by atoms with E-state index in [-0.39, 0.29) is 0 Å². The number of anilines is 1. The highest BCUT2D eigenvalue weighted by Crippen LogP contribution is 2.26. The number of aromatic nitrogens is 4. The van der Waals surface area contributed by atoms with E-state index in [0.29, 0.717) is 11.5 Å². The molecule has 0 fully saturated rings. The standard InChI is InChI=1S/C16H17N5/c1-3-12-6-4-5-7-15(12)21-16(18-19-20-21)14-10-13(17)9-8-11(14)2/h4-10H,3,17H2,1-2H3. The number of nitrogens with two attached hydrogens (primary N) is 1. The maximum Gasteiger partial charge on any atom is 0.187 e. The van der Waals surface area contributed by atoms with E-state index in [2.05, 4.69) is 28.5 Å². The molecule has 0 atom stereocenters. The Balaban J connectivity index is 2.20. The molecule has 0 bridgehead atoms. The number of aryl methyl sites for hydroxylation is 2. The fourth-order valence-electron chi connectivity index (χ4n) is 2.41. The van der Waals surface area contributed by atoms with Crippen LogP contribution in [0.5, 0.6) is 0 Å². The molecule has 2 aromatic carbocycles. The second-order valence-corrected chi connectivity index (χ2v) is 4.97. The van der Waals surface area contributed by atoms with Crippen LogP contribution in [0.3, 0.4) is 0 Å². The fraction of sp³-hybridized carbons (Fsp3) is 0.188. The Kier molecular flexibility index (Phi) is 3.39. The molecule has 1 heterocycles. The third-order valence-corrected chi connectivity index (χ3v) is 3.57. The first-order valence-corrected chi connectivity index (χ1v) is 6.94. The van der Waals surface area contributed by atoms with Gasteiger partial charge in [-0.3, -0.25) is 0 Å². The minimum Gasteiger partial charge on any atom is -0.399 e. The van der Waals surface area contributed by atoms with E-state index in [1.807, 2.05) is 43.3 Å². The SMILES string of the molecule is CCc1ccccc1-n1nnnc1-c1cc(N)ccc1C. The van der Waals surface area contributed by atoms with Gasteiger partial charge in [0.15, 0.2) is 5.82 Å². The Labute approximate surface area is 123 Å². The van der Waals surface area contributed by atoms with Gasteiger partial charge in [-0.15, -0.1) is 5.10 Å². The van der Waals surface area contributed by atoms with Crippen molar-refractivity contribution in [3.05, 3.63) is 53.6 Å². The summed E-state index contributed by atoms with van der Waals surface area (Å²) in [5.74, 6) is 0.709. The molecule has 3 rings (SSSR count). The lowest BCUT2D eigenvalue weighted by molar-refractivity contribution is 0.783. The minimum atomic E-state index is 0.703. The second-order valence-electron chi connectivity index (χ2n) is 4.97. The van der Waals surface area contributed by atoms with Gasteiger partial charge >= 0.3 is 0 Å². The number of rotatable bonds is 3. The number of nitrogen functional groups attached to an aromatic ring is 1. The van der Waals surface area contributed by atoms with Crippen molar-refractivity contribution in [3.63, 3.8) is 0 Å². The van der Waals surface area contributed by atoms with Crippen LogP contribution in [-0.4, -0.2) is 20.2 Å². The summed E-state index contributed by atoms with van der Waals surface area (Å²) in [5, 5.41) is 12.2. The van der Waals surface area contributed by atoms with E-state index >= 15 is 0 Å². The predicted molar refractivity (Wildman–Crippen MR) is 83.1 cm³/mol. The Morgan fingerprint density at radius 3 is 2.76 bits per heavy atom. The van der Waals surface area contributed by atoms with Crippen LogP contribution < -0.4 is 5.73 Å². The molecule has 0 unspecified atom stereocenters. The average Bonchev–Trinajstić information content (AvgIpc) is 2.98. The minimum absolute atomic E-state index is 0.703. The predicted octanol–water partition coefficient (Wildman–Crippen LogP) is 2.78. The molecule has 0 amide bonds. The molecule has 1 aromatic heterocycles. The molecular formula is C16H17N5. The molecule has 0 saturated carbocycles. The molecule has 0 aliphatic carbocycles. The van der Waals surface area contributed by atoms with Crippen molar-refractivity contribution < 1.29 is 0 Å². The summed E-state index contributed by atoms with van der Waals surface area (Å²) in [7, 11) is 0. The van der Waals surface area contributed by atoms with Gasteiger partial charge in [0.1, 0.15) is 0 Å². The van der Waals surface area contributed by atoms with Crippen LogP contribution in [0, 0.1) is 6.92 Å². The topological polar surface area (TPSA) is 69.6 Å². The molecule has 5 heteroatoms. The second kappa shape index (κ2) is 5.36. The molecule has 21 heavy (non-hydrogen) atoms. The molecule has 2 N–H and O–H groups in total. The number of para-hydroxylation sites is 1. The molecule has 0 spiro atoms. The lowest BCUT2D eigenvalue weighted by Gasteiger charge is -2.11. The van der Waals surface area contributed by atoms with Crippen LogP contribution in [0.15, 0.2) is 42.5 Å². The van der Waals surface area contributed by atoms with Crippen LogP contribution in [0.1, 0.15) is 18.1 Å². The third kappa shape index (κ3) is 2.38. The number of hydrogen-bond acceptors (Lipinski definition) is 4. The first-order chi connectivity index (χ1) is 10.2. The number of hydrogen-bond donors (Lipinski definition) is 1. The normalized spacial score (nSPS) is 10.8. The van der Waals surface area contributed by atoms with E-state index in [1.54, 1.807) is 4.68 Å². The molecule has 0 radical (unpaired) electrons. The summed E-state index contributed by atoms with van der Waals surface area (Å²) in [6, 6.07) is 13.9. The van der Waals surface area contributed by atoms with Crippen molar-refractivity contribution in [2.75, 3.05) is 5.73 Å². The monoisotopic (exact) mass is 279 g/mol. The fourth-order valence-corrected chi connectivity index (χ4v) is 2.41. The van der Waals surface area contributed by atoms with Gasteiger partial charge < -0.3 is 5.73 Å². The van der Waals surface area contributed by atoms with Crippen molar-refractivity contribution in [2.45, 2.75) is 20.3 Å². The van der Waals surface area contributed by atoms with Gasteiger partial charge in [0.05, 0.1) is 5.69 Å². The lowest BCUT2D eigenvalue weighted by Crippen LogP contribution is -2.04. The smallest absolute Gasteiger partial charge is 0.187 e. The van der Waals surface area contributed by atoms with Crippen molar-refractivity contribution >= 4 is 5.69 Å². The molecular weight excluding hydrogens is 262 g/mol. The zero-order valence-electron chi connectivity index (χ0n) is 12.1. The zero-order chi connectivity index (χ0) is 14.8. The molecule has 5 nitrogen and oxygen atoms in total. The van der Waals surface area contributed by atoms with Gasteiger partial charge in [-0.05, 0) is 53.1 Å². The summed E-state index contributed by atoms with van der Waals surface area (Å²) in [6.45, 7) is 4.15. The highest BCUT2D eigenvalue weighted by molar-refractivity contribution is 5.66. The van der Waals surface area contributed by atoms with Crippen molar-refractivity contribution in [2.24, 2.45) is 0 Å². The number of tetrazole rings is 1. The van der Waals surface area contributed by atoms with Crippen molar-refractivity contribution in [1.82, 2.24) is 20.2 Å². The van der Waals surface area contributed by atoms with Crippen LogP contribution in [0.25, 0.3) is 17.1 Å². The quantitative estimate of drug-likeness (QED) is 0.748. The molecule has 0 aliphatic heterocycles. The number of benzene rings is 2. The summed E-state index contributed by atoms with van der Waals surface area (Å²) < 4.78 is 1.78. The van der Waals surface area contributed by atoms with Crippen molar-refractivity contribution in [1.29, 1.82) is 0 Å². The van der Waals surface area contributed by atoms with Crippen LogP contribution in [-0.2, 0) is 6.42 Å².